The molecule has 0 spiro atoms. The highest BCUT2D eigenvalue weighted by molar-refractivity contribution is 5.73. The molecule has 0 saturated carbocycles. The molecule has 0 aliphatic carbocycles. The average Bonchev–Trinajstić information content (AvgIpc) is 2.52. The van der Waals surface area contributed by atoms with Crippen molar-refractivity contribution >= 4 is 5.97 Å². The molecule has 0 bridgehead atoms. The van der Waals surface area contributed by atoms with E-state index < -0.39 is 17.3 Å². The molecule has 5 nitrogen and oxygen atoms in total. The molecule has 0 unspecified atom stereocenters. The molecule has 1 aliphatic heterocycles. The quantitative estimate of drug-likeness (QED) is 0.506. The first kappa shape index (κ1) is 18.4. The van der Waals surface area contributed by atoms with Crippen LogP contribution in [0.1, 0.15) is 65.7 Å². The lowest BCUT2D eigenvalue weighted by Gasteiger charge is -2.46. The molecule has 1 saturated heterocycles. The zero-order valence-electron chi connectivity index (χ0n) is 14.1. The molecule has 0 aromatic heterocycles. The summed E-state index contributed by atoms with van der Waals surface area (Å²) in [5.74, 6) is -1.87. The van der Waals surface area contributed by atoms with Crippen LogP contribution in [0, 0.1) is 5.92 Å². The minimum atomic E-state index is -1.09. The van der Waals surface area contributed by atoms with Gasteiger partial charge < -0.3 is 9.47 Å². The summed E-state index contributed by atoms with van der Waals surface area (Å²) in [4.78, 5) is 23.4. The van der Waals surface area contributed by atoms with Crippen molar-refractivity contribution in [1.29, 1.82) is 0 Å². The third-order valence-electron chi connectivity index (χ3n) is 4.46. The van der Waals surface area contributed by atoms with Gasteiger partial charge in [-0.15, -0.1) is 0 Å². The molecule has 0 radical (unpaired) electrons. The highest BCUT2D eigenvalue weighted by atomic mass is 17.2. The van der Waals surface area contributed by atoms with Crippen molar-refractivity contribution in [2.75, 3.05) is 14.2 Å². The van der Waals surface area contributed by atoms with Crippen molar-refractivity contribution in [2.24, 2.45) is 5.92 Å². The van der Waals surface area contributed by atoms with E-state index in [9.17, 15) is 4.79 Å². The number of hydrogen-bond donors (Lipinski definition) is 0. The molecule has 124 valence electrons. The smallest absolute Gasteiger partial charge is 0.314 e. The third kappa shape index (κ3) is 4.41. The van der Waals surface area contributed by atoms with E-state index in [0.717, 1.165) is 38.5 Å². The Morgan fingerprint density at radius 1 is 1.14 bits per heavy atom. The van der Waals surface area contributed by atoms with Crippen LogP contribution in [0.25, 0.3) is 0 Å². The number of esters is 1. The molecule has 0 N–H and O–H groups in total. The van der Waals surface area contributed by atoms with Crippen LogP contribution >= 0.6 is 0 Å². The first-order valence-corrected chi connectivity index (χ1v) is 7.96. The predicted molar refractivity (Wildman–Crippen MR) is 79.5 cm³/mol. The van der Waals surface area contributed by atoms with Gasteiger partial charge in [0, 0.05) is 7.11 Å². The molecular weight excluding hydrogens is 272 g/mol. The van der Waals surface area contributed by atoms with Gasteiger partial charge in [0.25, 0.3) is 0 Å². The Kier molecular flexibility index (Phi) is 7.10. The molecule has 0 aromatic carbocycles. The highest BCUT2D eigenvalue weighted by Crippen LogP contribution is 2.44. The fraction of sp³-hybridized carbons (Fsp3) is 0.938. The summed E-state index contributed by atoms with van der Waals surface area (Å²) in [6, 6.07) is 0. The zero-order valence-corrected chi connectivity index (χ0v) is 14.1. The second-order valence-corrected chi connectivity index (χ2v) is 6.06. The molecule has 0 aromatic rings. The Balaban J connectivity index is 2.93. The molecule has 1 fully saturated rings. The molecule has 21 heavy (non-hydrogen) atoms. The van der Waals surface area contributed by atoms with E-state index in [-0.39, 0.29) is 5.97 Å². The number of carbonyl (C=O) groups is 1. The van der Waals surface area contributed by atoms with Crippen LogP contribution < -0.4 is 0 Å². The van der Waals surface area contributed by atoms with Crippen molar-refractivity contribution < 1.29 is 24.0 Å². The van der Waals surface area contributed by atoms with Crippen LogP contribution in [0.2, 0.25) is 0 Å². The second-order valence-electron chi connectivity index (χ2n) is 6.06. The van der Waals surface area contributed by atoms with Gasteiger partial charge in [0.1, 0.15) is 11.5 Å². The summed E-state index contributed by atoms with van der Waals surface area (Å²) < 4.78 is 10.3. The Morgan fingerprint density at radius 2 is 1.71 bits per heavy atom. The lowest BCUT2D eigenvalue weighted by molar-refractivity contribution is -0.497. The van der Waals surface area contributed by atoms with Crippen molar-refractivity contribution in [2.45, 2.75) is 77.1 Å². The normalized spacial score (nSPS) is 28.3. The summed E-state index contributed by atoms with van der Waals surface area (Å²) in [6.45, 7) is 6.01. The molecular formula is C16H30O5. The molecule has 1 rings (SSSR count). The van der Waals surface area contributed by atoms with Crippen LogP contribution in [0.15, 0.2) is 0 Å². The average molecular weight is 302 g/mol. The third-order valence-corrected chi connectivity index (χ3v) is 4.46. The van der Waals surface area contributed by atoms with Crippen LogP contribution in [0.4, 0.5) is 0 Å². The molecule has 1 heterocycles. The maximum Gasteiger partial charge on any atom is 0.314 e. The van der Waals surface area contributed by atoms with Gasteiger partial charge in [0.15, 0.2) is 0 Å². The number of unbranched alkanes of at least 4 members (excludes halogenated alkanes) is 2. The number of ether oxygens (including phenoxy) is 2. The summed E-state index contributed by atoms with van der Waals surface area (Å²) >= 11 is 0. The van der Waals surface area contributed by atoms with Crippen molar-refractivity contribution in [1.82, 2.24) is 0 Å². The van der Waals surface area contributed by atoms with Gasteiger partial charge in [-0.2, -0.15) is 4.89 Å². The first-order valence-electron chi connectivity index (χ1n) is 7.96. The predicted octanol–water partition coefficient (Wildman–Crippen LogP) is 3.61. The van der Waals surface area contributed by atoms with E-state index >= 15 is 0 Å². The van der Waals surface area contributed by atoms with Crippen molar-refractivity contribution in [3.05, 3.63) is 0 Å². The number of hydrogen-bond acceptors (Lipinski definition) is 5. The van der Waals surface area contributed by atoms with Crippen LogP contribution in [-0.2, 0) is 24.0 Å². The molecule has 2 atom stereocenters. The standard InChI is InChI=1S/C16H30O5/c1-6-8-10-16(11-9-7-2)12-13(14(17)18-4)15(3,19-5)20-21-16/h13H,6-12H2,1-5H3/t13-,15+/m0/s1. The lowest BCUT2D eigenvalue weighted by atomic mass is 9.79. The fourth-order valence-corrected chi connectivity index (χ4v) is 2.85. The minimum absolute atomic E-state index is 0.306. The van der Waals surface area contributed by atoms with Crippen LogP contribution in [-0.4, -0.2) is 31.6 Å². The highest BCUT2D eigenvalue weighted by Gasteiger charge is 2.53. The Bertz CT molecular complexity index is 323. The molecule has 1 aliphatic rings. The largest absolute Gasteiger partial charge is 0.469 e. The van der Waals surface area contributed by atoms with Gasteiger partial charge >= 0.3 is 5.97 Å². The Morgan fingerprint density at radius 3 is 2.14 bits per heavy atom. The van der Waals surface area contributed by atoms with Gasteiger partial charge in [-0.1, -0.05) is 39.5 Å². The van der Waals surface area contributed by atoms with Gasteiger partial charge in [-0.3, -0.25) is 4.79 Å². The van der Waals surface area contributed by atoms with E-state index in [1.807, 2.05) is 0 Å². The maximum absolute atomic E-state index is 12.1. The van der Waals surface area contributed by atoms with Crippen LogP contribution in [0.5, 0.6) is 0 Å². The van der Waals surface area contributed by atoms with E-state index in [4.69, 9.17) is 19.2 Å². The second kappa shape index (κ2) is 8.11. The topological polar surface area (TPSA) is 54.0 Å². The minimum Gasteiger partial charge on any atom is -0.469 e. The SMILES string of the molecule is CCCCC1(CCCC)C[C@@H](C(=O)OC)[C@](C)(OC)OO1. The van der Waals surface area contributed by atoms with Gasteiger partial charge in [-0.25, -0.2) is 4.89 Å². The van der Waals surface area contributed by atoms with E-state index in [1.165, 1.54) is 14.2 Å². The van der Waals surface area contributed by atoms with E-state index in [0.29, 0.717) is 6.42 Å². The van der Waals surface area contributed by atoms with E-state index in [1.54, 1.807) is 6.92 Å². The lowest BCUT2D eigenvalue weighted by Crippen LogP contribution is -2.55. The number of carbonyl (C=O) groups excluding carboxylic acids is 1. The molecule has 0 amide bonds. The zero-order chi connectivity index (χ0) is 15.9. The van der Waals surface area contributed by atoms with Gasteiger partial charge in [0.2, 0.25) is 5.79 Å². The summed E-state index contributed by atoms with van der Waals surface area (Å²) in [6.07, 6.45) is 6.61. The van der Waals surface area contributed by atoms with Crippen molar-refractivity contribution in [3.8, 4) is 0 Å². The summed E-state index contributed by atoms with van der Waals surface area (Å²) in [7, 11) is 2.91. The Hall–Kier alpha value is -0.650. The van der Waals surface area contributed by atoms with Crippen LogP contribution in [0.3, 0.4) is 0 Å². The monoisotopic (exact) mass is 302 g/mol. The first-order chi connectivity index (χ1) is 9.97. The van der Waals surface area contributed by atoms with Gasteiger partial charge in [-0.05, 0) is 26.2 Å². The number of rotatable bonds is 8. The Labute approximate surface area is 128 Å². The van der Waals surface area contributed by atoms with E-state index in [2.05, 4.69) is 13.8 Å². The summed E-state index contributed by atoms with van der Waals surface area (Å²) in [5.41, 5.74) is -0.414. The number of methoxy groups -OCH3 is 2. The maximum atomic E-state index is 12.1. The summed E-state index contributed by atoms with van der Waals surface area (Å²) in [5, 5.41) is 0. The fourth-order valence-electron chi connectivity index (χ4n) is 2.85. The van der Waals surface area contributed by atoms with Crippen molar-refractivity contribution in [3.63, 3.8) is 0 Å². The van der Waals surface area contributed by atoms with Gasteiger partial charge in [0.05, 0.1) is 7.11 Å². The molecule has 5 heteroatoms.